The van der Waals surface area contributed by atoms with Gasteiger partial charge in [0.1, 0.15) is 5.82 Å². The van der Waals surface area contributed by atoms with E-state index in [-0.39, 0.29) is 11.2 Å². The molecule has 82 valence electrons. The van der Waals surface area contributed by atoms with Gasteiger partial charge in [0.25, 0.3) is 0 Å². The highest BCUT2D eigenvalue weighted by Crippen LogP contribution is 2.27. The van der Waals surface area contributed by atoms with Crippen LogP contribution >= 0.6 is 27.5 Å². The maximum absolute atomic E-state index is 11.0. The van der Waals surface area contributed by atoms with Crippen LogP contribution in [-0.4, -0.2) is 15.9 Å². The van der Waals surface area contributed by atoms with Crippen LogP contribution in [0.3, 0.4) is 0 Å². The molecule has 0 aliphatic carbocycles. The number of hydrogen-bond donors (Lipinski definition) is 1. The van der Waals surface area contributed by atoms with Gasteiger partial charge in [0, 0.05) is 16.8 Å². The summed E-state index contributed by atoms with van der Waals surface area (Å²) < 4.78 is 0.806. The van der Waals surface area contributed by atoms with E-state index in [9.17, 15) is 4.79 Å². The van der Waals surface area contributed by atoms with E-state index in [4.69, 9.17) is 11.6 Å². The van der Waals surface area contributed by atoms with Gasteiger partial charge in [-0.1, -0.05) is 6.07 Å². The first-order valence-electron chi connectivity index (χ1n) is 4.47. The van der Waals surface area contributed by atoms with Crippen LogP contribution in [0.25, 0.3) is 10.9 Å². The molecule has 2 aromatic rings. The summed E-state index contributed by atoms with van der Waals surface area (Å²) in [5, 5.41) is 3.47. The van der Waals surface area contributed by atoms with Gasteiger partial charge in [-0.3, -0.25) is 4.79 Å². The summed E-state index contributed by atoms with van der Waals surface area (Å²) in [5.74, 6) is 0.222. The van der Waals surface area contributed by atoms with Gasteiger partial charge in [-0.2, -0.15) is 4.98 Å². The standard InChI is InChI=1S/C10H7BrClN3O/c1-5(16)13-9-6-3-2-4-7(11)8(6)14-10(12)15-9/h2-4H,1H3,(H,13,14,15,16). The minimum Gasteiger partial charge on any atom is -0.310 e. The molecule has 1 amide bonds. The Labute approximate surface area is 105 Å². The highest BCUT2D eigenvalue weighted by atomic mass is 79.9. The van der Waals surface area contributed by atoms with Gasteiger partial charge >= 0.3 is 0 Å². The summed E-state index contributed by atoms with van der Waals surface area (Å²) in [6, 6.07) is 5.51. The molecule has 1 N–H and O–H groups in total. The molecule has 1 aromatic carbocycles. The molecule has 0 unspecified atom stereocenters. The van der Waals surface area contributed by atoms with E-state index in [1.165, 1.54) is 6.92 Å². The Morgan fingerprint density at radius 3 is 2.88 bits per heavy atom. The molecular formula is C10H7BrClN3O. The van der Waals surface area contributed by atoms with E-state index in [1.807, 2.05) is 18.2 Å². The zero-order chi connectivity index (χ0) is 11.7. The van der Waals surface area contributed by atoms with Crippen molar-refractivity contribution < 1.29 is 4.79 Å². The maximum atomic E-state index is 11.0. The summed E-state index contributed by atoms with van der Waals surface area (Å²) >= 11 is 9.15. The molecule has 0 spiro atoms. The molecule has 0 saturated carbocycles. The van der Waals surface area contributed by atoms with Crippen molar-refractivity contribution in [3.63, 3.8) is 0 Å². The fourth-order valence-electron chi connectivity index (χ4n) is 1.35. The number of hydrogen-bond acceptors (Lipinski definition) is 3. The first kappa shape index (κ1) is 11.3. The Morgan fingerprint density at radius 2 is 2.19 bits per heavy atom. The average molecular weight is 301 g/mol. The van der Waals surface area contributed by atoms with Gasteiger partial charge < -0.3 is 5.32 Å². The summed E-state index contributed by atoms with van der Waals surface area (Å²) in [7, 11) is 0. The third-order valence-electron chi connectivity index (χ3n) is 1.94. The molecule has 0 aliphatic rings. The van der Waals surface area contributed by atoms with Crippen LogP contribution in [0.5, 0.6) is 0 Å². The van der Waals surface area contributed by atoms with Crippen molar-refractivity contribution >= 4 is 50.2 Å². The first-order valence-corrected chi connectivity index (χ1v) is 5.64. The summed E-state index contributed by atoms with van der Waals surface area (Å²) in [5.41, 5.74) is 0.672. The average Bonchev–Trinajstić information content (AvgIpc) is 2.18. The molecule has 16 heavy (non-hydrogen) atoms. The molecular weight excluding hydrogens is 293 g/mol. The number of carbonyl (C=O) groups excluding carboxylic acids is 1. The molecule has 0 radical (unpaired) electrons. The molecule has 4 nitrogen and oxygen atoms in total. The fourth-order valence-corrected chi connectivity index (χ4v) is 1.98. The van der Waals surface area contributed by atoms with Gasteiger partial charge in [-0.15, -0.1) is 0 Å². The molecule has 2 rings (SSSR count). The Bertz CT molecular complexity index is 573. The molecule has 0 fully saturated rings. The number of anilines is 1. The van der Waals surface area contributed by atoms with Crippen LogP contribution in [-0.2, 0) is 4.79 Å². The van der Waals surface area contributed by atoms with E-state index in [1.54, 1.807) is 0 Å². The monoisotopic (exact) mass is 299 g/mol. The normalized spacial score (nSPS) is 10.4. The van der Waals surface area contributed by atoms with E-state index >= 15 is 0 Å². The van der Waals surface area contributed by atoms with Crippen molar-refractivity contribution in [1.82, 2.24) is 9.97 Å². The smallest absolute Gasteiger partial charge is 0.224 e. The second-order valence-electron chi connectivity index (χ2n) is 3.16. The lowest BCUT2D eigenvalue weighted by Gasteiger charge is -2.06. The lowest BCUT2D eigenvalue weighted by Crippen LogP contribution is -2.08. The SMILES string of the molecule is CC(=O)Nc1nc(Cl)nc2c(Br)cccc12. The molecule has 0 bridgehead atoms. The number of para-hydroxylation sites is 1. The third-order valence-corrected chi connectivity index (χ3v) is 2.75. The van der Waals surface area contributed by atoms with E-state index in [2.05, 4.69) is 31.2 Å². The van der Waals surface area contributed by atoms with Crippen molar-refractivity contribution in [1.29, 1.82) is 0 Å². The van der Waals surface area contributed by atoms with Crippen molar-refractivity contribution in [3.8, 4) is 0 Å². The zero-order valence-corrected chi connectivity index (χ0v) is 10.6. The van der Waals surface area contributed by atoms with Crippen LogP contribution in [0.1, 0.15) is 6.92 Å². The lowest BCUT2D eigenvalue weighted by atomic mass is 10.2. The number of halogens is 2. The van der Waals surface area contributed by atoms with Crippen molar-refractivity contribution in [2.75, 3.05) is 5.32 Å². The van der Waals surface area contributed by atoms with Crippen LogP contribution in [0.15, 0.2) is 22.7 Å². The quantitative estimate of drug-likeness (QED) is 0.824. The highest BCUT2D eigenvalue weighted by Gasteiger charge is 2.09. The van der Waals surface area contributed by atoms with E-state index in [0.717, 1.165) is 9.86 Å². The number of rotatable bonds is 1. The second kappa shape index (κ2) is 4.35. The molecule has 0 atom stereocenters. The lowest BCUT2D eigenvalue weighted by molar-refractivity contribution is -0.114. The van der Waals surface area contributed by atoms with Crippen LogP contribution in [0.2, 0.25) is 5.28 Å². The Kier molecular flexibility index (Phi) is 3.07. The minimum atomic E-state index is -0.198. The van der Waals surface area contributed by atoms with Gasteiger partial charge in [-0.05, 0) is 39.7 Å². The number of nitrogens with zero attached hydrogens (tertiary/aromatic N) is 2. The predicted molar refractivity (Wildman–Crippen MR) is 66.6 cm³/mol. The molecule has 6 heteroatoms. The third kappa shape index (κ3) is 2.15. The Hall–Kier alpha value is -1.20. The summed E-state index contributed by atoms with van der Waals surface area (Å²) in [6.07, 6.45) is 0. The number of nitrogens with one attached hydrogen (secondary N) is 1. The number of carbonyl (C=O) groups is 1. The van der Waals surface area contributed by atoms with Crippen molar-refractivity contribution in [3.05, 3.63) is 28.0 Å². The van der Waals surface area contributed by atoms with E-state index < -0.39 is 0 Å². The van der Waals surface area contributed by atoms with Crippen molar-refractivity contribution in [2.45, 2.75) is 6.92 Å². The van der Waals surface area contributed by atoms with Gasteiger partial charge in [0.2, 0.25) is 11.2 Å². The Morgan fingerprint density at radius 1 is 1.44 bits per heavy atom. The maximum Gasteiger partial charge on any atom is 0.224 e. The molecule has 0 aliphatic heterocycles. The van der Waals surface area contributed by atoms with Gasteiger partial charge in [0.15, 0.2) is 0 Å². The first-order chi connectivity index (χ1) is 7.58. The van der Waals surface area contributed by atoms with Gasteiger partial charge in [0.05, 0.1) is 5.52 Å². The Balaban J connectivity index is 2.72. The predicted octanol–water partition coefficient (Wildman–Crippen LogP) is 3.00. The number of amides is 1. The van der Waals surface area contributed by atoms with E-state index in [0.29, 0.717) is 11.3 Å². The zero-order valence-electron chi connectivity index (χ0n) is 8.29. The summed E-state index contributed by atoms with van der Waals surface area (Å²) in [6.45, 7) is 1.42. The highest BCUT2D eigenvalue weighted by molar-refractivity contribution is 9.10. The number of benzene rings is 1. The largest absolute Gasteiger partial charge is 0.310 e. The van der Waals surface area contributed by atoms with Gasteiger partial charge in [-0.25, -0.2) is 4.98 Å². The van der Waals surface area contributed by atoms with Crippen LogP contribution < -0.4 is 5.32 Å². The van der Waals surface area contributed by atoms with Crippen LogP contribution in [0.4, 0.5) is 5.82 Å². The molecule has 1 aromatic heterocycles. The van der Waals surface area contributed by atoms with Crippen molar-refractivity contribution in [2.24, 2.45) is 0 Å². The molecule has 1 heterocycles. The van der Waals surface area contributed by atoms with Crippen LogP contribution in [0, 0.1) is 0 Å². The number of fused-ring (bicyclic) bond motifs is 1. The fraction of sp³-hybridized carbons (Fsp3) is 0.100. The second-order valence-corrected chi connectivity index (χ2v) is 4.35. The number of aromatic nitrogens is 2. The topological polar surface area (TPSA) is 54.9 Å². The minimum absolute atomic E-state index is 0.100. The molecule has 0 saturated heterocycles. The summed E-state index contributed by atoms with van der Waals surface area (Å²) in [4.78, 5) is 19.1.